The molecule has 0 saturated heterocycles. The molecule has 0 aliphatic carbocycles. The highest BCUT2D eigenvalue weighted by Crippen LogP contribution is 2.48. The third kappa shape index (κ3) is 12.4. The second-order valence-corrected chi connectivity index (χ2v) is 32.3. The van der Waals surface area contributed by atoms with Gasteiger partial charge in [0.2, 0.25) is 0 Å². The van der Waals surface area contributed by atoms with Crippen molar-refractivity contribution in [3.05, 3.63) is 354 Å². The van der Waals surface area contributed by atoms with Crippen molar-refractivity contribution < 1.29 is 8.83 Å². The molecule has 0 aliphatic rings. The van der Waals surface area contributed by atoms with Crippen molar-refractivity contribution in [2.45, 2.75) is 124 Å². The fourth-order valence-corrected chi connectivity index (χ4v) is 17.7. The van der Waals surface area contributed by atoms with Crippen molar-refractivity contribution in [3.63, 3.8) is 0 Å². The maximum atomic E-state index is 6.96. The first-order chi connectivity index (χ1) is 53.9. The van der Waals surface area contributed by atoms with Crippen molar-refractivity contribution in [2.24, 2.45) is 0 Å². The fraction of sp³-hybridized carbons (Fsp3) is 0.170. The van der Waals surface area contributed by atoms with E-state index in [4.69, 9.17) is 8.83 Å². The van der Waals surface area contributed by atoms with Gasteiger partial charge in [0.05, 0.1) is 0 Å². The Kier molecular flexibility index (Phi) is 17.4. The summed E-state index contributed by atoms with van der Waals surface area (Å²) >= 11 is 0. The lowest BCUT2D eigenvalue weighted by Crippen LogP contribution is -2.14. The van der Waals surface area contributed by atoms with Gasteiger partial charge in [-0.2, -0.15) is 0 Å². The minimum atomic E-state index is 0.774. The molecular formula is C106H94N4O2. The summed E-state index contributed by atoms with van der Waals surface area (Å²) in [4.78, 5) is 9.77. The largest absolute Gasteiger partial charge is 0.456 e. The van der Waals surface area contributed by atoms with Crippen molar-refractivity contribution in [2.75, 3.05) is 19.6 Å². The normalized spacial score (nSPS) is 11.8. The maximum absolute atomic E-state index is 6.96. The van der Waals surface area contributed by atoms with E-state index in [1.807, 2.05) is 0 Å². The van der Waals surface area contributed by atoms with Crippen LogP contribution in [0, 0.1) is 118 Å². The van der Waals surface area contributed by atoms with E-state index in [0.29, 0.717) is 0 Å². The van der Waals surface area contributed by atoms with Crippen molar-refractivity contribution in [1.82, 2.24) is 0 Å². The zero-order valence-electron chi connectivity index (χ0n) is 67.5. The lowest BCUT2D eigenvalue weighted by atomic mass is 9.91. The van der Waals surface area contributed by atoms with Crippen LogP contribution in [0.3, 0.4) is 0 Å². The van der Waals surface area contributed by atoms with Gasteiger partial charge >= 0.3 is 0 Å². The highest BCUT2D eigenvalue weighted by molar-refractivity contribution is 6.16. The molecule has 0 spiro atoms. The van der Waals surface area contributed by atoms with Gasteiger partial charge in [0.15, 0.2) is 0 Å². The molecule has 112 heavy (non-hydrogen) atoms. The van der Waals surface area contributed by atoms with E-state index in [1.165, 1.54) is 122 Å². The summed E-state index contributed by atoms with van der Waals surface area (Å²) in [5.41, 5.74) is 41.2. The molecule has 0 bridgehead atoms. The molecule has 16 aromatic carbocycles. The fourth-order valence-electron chi connectivity index (χ4n) is 17.7. The molecule has 2 heterocycles. The highest BCUT2D eigenvalue weighted by atomic mass is 16.3. The third-order valence-electron chi connectivity index (χ3n) is 24.7. The van der Waals surface area contributed by atoms with Gasteiger partial charge in [0.25, 0.3) is 0 Å². The number of para-hydroxylation sites is 2. The molecule has 0 unspecified atom stereocenters. The van der Waals surface area contributed by atoms with Gasteiger partial charge in [-0.15, -0.1) is 0 Å². The maximum Gasteiger partial charge on any atom is 0.136 e. The molecule has 0 aliphatic heterocycles. The van der Waals surface area contributed by atoms with E-state index in [2.05, 4.69) is 386 Å². The summed E-state index contributed by atoms with van der Waals surface area (Å²) < 4.78 is 13.9. The third-order valence-corrected chi connectivity index (χ3v) is 24.7. The number of hydrogen-bond acceptors (Lipinski definition) is 6. The highest BCUT2D eigenvalue weighted by Gasteiger charge is 2.26. The number of nitrogens with zero attached hydrogens (tertiary/aromatic N) is 4. The molecule has 18 rings (SSSR count). The number of hydrogen-bond donors (Lipinski definition) is 0. The first-order valence-corrected chi connectivity index (χ1v) is 39.4. The van der Waals surface area contributed by atoms with Crippen LogP contribution in [0.15, 0.2) is 258 Å². The number of fused-ring (bicyclic) bond motifs is 10. The van der Waals surface area contributed by atoms with Crippen LogP contribution in [0.25, 0.3) is 87.0 Å². The predicted molar refractivity (Wildman–Crippen MR) is 480 cm³/mol. The zero-order valence-corrected chi connectivity index (χ0v) is 67.5. The molecular weight excluding hydrogens is 1360 g/mol. The molecule has 6 nitrogen and oxygen atoms in total. The Hall–Kier alpha value is -12.6. The quantitative estimate of drug-likeness (QED) is 0.108. The molecule has 6 heteroatoms. The SMILES string of the molecule is Cc1ccc(C)c(N(c2ccc3cc4c(cc3c2)oc2cc3cc(N(c5ccccc5C)c5cc(C)cc(Cc6c(C)cc(N(c7cc(C)c(C)c(C)c7)c7ccc8cc9c(cc8c7)oc7cc8cc(N(c%10cc(C)c(C)c(C)c%10)c%10cc(C)c(C)c(C)c%10)ccc8cc79)cc6C)c5C)ccc3cc24)c2ccccc2C)c1. The van der Waals surface area contributed by atoms with Crippen molar-refractivity contribution >= 4 is 155 Å². The lowest BCUT2D eigenvalue weighted by molar-refractivity contribution is 0.669. The summed E-state index contributed by atoms with van der Waals surface area (Å²) in [7, 11) is 0. The summed E-state index contributed by atoms with van der Waals surface area (Å²) in [6.45, 7) is 38.0. The Labute approximate surface area is 658 Å². The van der Waals surface area contributed by atoms with Crippen LogP contribution in [-0.2, 0) is 6.42 Å². The van der Waals surface area contributed by atoms with Gasteiger partial charge in [-0.25, -0.2) is 0 Å². The monoisotopic (exact) mass is 1450 g/mol. The topological polar surface area (TPSA) is 39.2 Å². The molecule has 0 N–H and O–H groups in total. The average Bonchev–Trinajstić information content (AvgIpc) is 1.54. The number of aryl methyl sites for hydroxylation is 13. The first kappa shape index (κ1) is 71.0. The van der Waals surface area contributed by atoms with Gasteiger partial charge in [-0.1, -0.05) is 78.9 Å². The van der Waals surface area contributed by atoms with Crippen LogP contribution in [0.5, 0.6) is 0 Å². The van der Waals surface area contributed by atoms with Crippen LogP contribution in [-0.4, -0.2) is 0 Å². The molecule has 0 fully saturated rings. The lowest BCUT2D eigenvalue weighted by Gasteiger charge is -2.30. The molecule has 0 radical (unpaired) electrons. The van der Waals surface area contributed by atoms with Crippen LogP contribution in [0.1, 0.15) is 106 Å². The van der Waals surface area contributed by atoms with E-state index in [9.17, 15) is 0 Å². The summed E-state index contributed by atoms with van der Waals surface area (Å²) in [6.07, 6.45) is 0.774. The van der Waals surface area contributed by atoms with Crippen molar-refractivity contribution in [3.8, 4) is 0 Å². The molecule has 550 valence electrons. The number of furan rings is 2. The van der Waals surface area contributed by atoms with Crippen LogP contribution >= 0.6 is 0 Å². The average molecular weight is 1460 g/mol. The van der Waals surface area contributed by atoms with E-state index >= 15 is 0 Å². The second-order valence-electron chi connectivity index (χ2n) is 32.3. The number of anilines is 12. The predicted octanol–water partition coefficient (Wildman–Crippen LogP) is 30.8. The molecule has 2 aromatic heterocycles. The number of benzene rings is 16. The van der Waals surface area contributed by atoms with Gasteiger partial charge in [0, 0.05) is 89.8 Å². The Bertz CT molecular complexity index is 6830. The molecule has 18 aromatic rings. The van der Waals surface area contributed by atoms with E-state index in [0.717, 1.165) is 145 Å². The van der Waals surface area contributed by atoms with Crippen LogP contribution in [0.4, 0.5) is 68.2 Å². The Morgan fingerprint density at radius 2 is 0.518 bits per heavy atom. The first-order valence-electron chi connectivity index (χ1n) is 39.4. The minimum Gasteiger partial charge on any atom is -0.456 e. The smallest absolute Gasteiger partial charge is 0.136 e. The van der Waals surface area contributed by atoms with Crippen LogP contribution < -0.4 is 19.6 Å². The summed E-state index contributed by atoms with van der Waals surface area (Å²) in [5.74, 6) is 0. The summed E-state index contributed by atoms with van der Waals surface area (Å²) in [5, 5.41) is 13.6. The van der Waals surface area contributed by atoms with Gasteiger partial charge in [-0.05, 0) is 443 Å². The van der Waals surface area contributed by atoms with E-state index < -0.39 is 0 Å². The summed E-state index contributed by atoms with van der Waals surface area (Å²) in [6, 6.07) is 93.6. The van der Waals surface area contributed by atoms with E-state index in [1.54, 1.807) is 0 Å². The Morgan fingerprint density at radius 1 is 0.205 bits per heavy atom. The van der Waals surface area contributed by atoms with Crippen molar-refractivity contribution in [1.29, 1.82) is 0 Å². The van der Waals surface area contributed by atoms with Gasteiger partial charge < -0.3 is 28.4 Å². The molecule has 0 amide bonds. The second kappa shape index (κ2) is 27.4. The zero-order chi connectivity index (χ0) is 77.6. The number of rotatable bonds is 14. The molecule has 0 saturated carbocycles. The Balaban J connectivity index is 0.678. The van der Waals surface area contributed by atoms with E-state index in [-0.39, 0.29) is 0 Å². The molecule has 0 atom stereocenters. The van der Waals surface area contributed by atoms with Gasteiger partial charge in [0.1, 0.15) is 22.3 Å². The standard InChI is InChI=1S/C106H94N4O2/c1-60-26-27-64(5)101(37-60)109(99-24-20-18-22-62(99)3)88-34-30-79-53-97-98-54-80-31-35-89(50-85(80)59-106(98)112-105(97)58-84(79)49-88)110(100-25-21-19-23-63(100)4)102-38-61(2)36-81(76(102)17)55-94-71(12)45-93(46-72(94)13)108(92-43-69(10)75(16)70(11)44-92)87-33-29-78-52-96-95-51-77-28-32-86(47-82(77)56-103(95)111-104(96)57-83(78)48-87)107(90-39-65(6)73(14)66(7)40-90)91-41-67(8)74(15)68(9)42-91/h18-54,56-59H,55H2,1-17H3. The van der Waals surface area contributed by atoms with Crippen LogP contribution in [0.2, 0.25) is 0 Å². The van der Waals surface area contributed by atoms with Gasteiger partial charge in [-0.3, -0.25) is 0 Å². The minimum absolute atomic E-state index is 0.774. The Morgan fingerprint density at radius 3 is 0.875 bits per heavy atom.